The summed E-state index contributed by atoms with van der Waals surface area (Å²) in [6.45, 7) is 1.13. The highest BCUT2D eigenvalue weighted by Gasteiger charge is 2.28. The summed E-state index contributed by atoms with van der Waals surface area (Å²) in [4.78, 5) is 44.7. The maximum Gasteiger partial charge on any atom is 0.308 e. The fraction of sp³-hybridized carbons (Fsp3) is 0.579. The second-order valence-corrected chi connectivity index (χ2v) is 8.48. The van der Waals surface area contributed by atoms with Gasteiger partial charge >= 0.3 is 5.97 Å². The van der Waals surface area contributed by atoms with E-state index in [2.05, 4.69) is 4.98 Å². The van der Waals surface area contributed by atoms with Gasteiger partial charge in [0.2, 0.25) is 5.91 Å². The minimum Gasteiger partial charge on any atom is -0.481 e. The number of carbonyl (C=O) groups is 2. The van der Waals surface area contributed by atoms with E-state index in [0.29, 0.717) is 19.4 Å². The Morgan fingerprint density at radius 1 is 1.26 bits per heavy atom. The minimum absolute atomic E-state index is 0.0609. The van der Waals surface area contributed by atoms with Crippen molar-refractivity contribution >= 4 is 33.4 Å². The van der Waals surface area contributed by atoms with Crippen molar-refractivity contribution in [2.24, 2.45) is 5.92 Å². The van der Waals surface area contributed by atoms with Gasteiger partial charge in [0.25, 0.3) is 5.56 Å². The average Bonchev–Trinajstić information content (AvgIpc) is 3.06. The number of likely N-dealkylation sites (tertiary alicyclic amines) is 1. The minimum atomic E-state index is -0.847. The lowest BCUT2D eigenvalue weighted by Gasteiger charge is -2.30. The molecule has 2 aromatic rings. The van der Waals surface area contributed by atoms with Crippen LogP contribution in [0, 0.1) is 5.92 Å². The Labute approximate surface area is 160 Å². The summed E-state index contributed by atoms with van der Waals surface area (Å²) in [7, 11) is 0. The van der Waals surface area contributed by atoms with Gasteiger partial charge in [-0.2, -0.15) is 0 Å². The zero-order chi connectivity index (χ0) is 19.0. The Bertz CT molecular complexity index is 948. The molecule has 0 bridgehead atoms. The van der Waals surface area contributed by atoms with Crippen molar-refractivity contribution < 1.29 is 14.7 Å². The van der Waals surface area contributed by atoms with Crippen molar-refractivity contribution in [3.63, 3.8) is 0 Å². The monoisotopic (exact) mass is 389 g/mol. The maximum absolute atomic E-state index is 12.9. The highest BCUT2D eigenvalue weighted by atomic mass is 32.1. The molecule has 4 rings (SSSR count). The first-order valence-electron chi connectivity index (χ1n) is 9.55. The van der Waals surface area contributed by atoms with E-state index in [1.165, 1.54) is 15.8 Å². The molecule has 1 aliphatic heterocycles. The molecule has 1 amide bonds. The first-order chi connectivity index (χ1) is 13.0. The van der Waals surface area contributed by atoms with Crippen LogP contribution in [0.4, 0.5) is 0 Å². The van der Waals surface area contributed by atoms with E-state index in [-0.39, 0.29) is 31.0 Å². The van der Waals surface area contributed by atoms with Crippen molar-refractivity contribution in [3.8, 4) is 0 Å². The van der Waals surface area contributed by atoms with E-state index >= 15 is 0 Å². The quantitative estimate of drug-likeness (QED) is 0.864. The molecule has 1 N–H and O–H groups in total. The first-order valence-corrected chi connectivity index (χ1v) is 10.4. The standard InChI is InChI=1S/C19H23N3O4S/c23-15(21-8-3-4-12(10-21)19(25)26)7-9-22-11-20-17-16(18(22)24)13-5-1-2-6-14(13)27-17/h11-12H,1-10H2,(H,25,26). The number of nitrogens with zero attached hydrogens (tertiary/aromatic N) is 3. The summed E-state index contributed by atoms with van der Waals surface area (Å²) >= 11 is 1.62. The Hall–Kier alpha value is -2.22. The number of hydrogen-bond acceptors (Lipinski definition) is 5. The maximum atomic E-state index is 12.9. The van der Waals surface area contributed by atoms with Gasteiger partial charge in [-0.05, 0) is 44.1 Å². The summed E-state index contributed by atoms with van der Waals surface area (Å²) in [5.41, 5.74) is 1.09. The third kappa shape index (κ3) is 3.50. The fourth-order valence-electron chi connectivity index (χ4n) is 4.12. The van der Waals surface area contributed by atoms with Crippen LogP contribution < -0.4 is 5.56 Å². The average molecular weight is 389 g/mol. The van der Waals surface area contributed by atoms with E-state index in [1.807, 2.05) is 0 Å². The highest BCUT2D eigenvalue weighted by molar-refractivity contribution is 7.18. The van der Waals surface area contributed by atoms with Crippen LogP contribution in [0.2, 0.25) is 0 Å². The number of carboxylic acid groups (broad SMARTS) is 1. The van der Waals surface area contributed by atoms with Gasteiger partial charge in [0, 0.05) is 30.9 Å². The Morgan fingerprint density at radius 2 is 2.07 bits per heavy atom. The Balaban J connectivity index is 1.49. The van der Waals surface area contributed by atoms with Gasteiger partial charge in [0.1, 0.15) is 4.83 Å². The lowest BCUT2D eigenvalue weighted by molar-refractivity contribution is -0.145. The number of carboxylic acids is 1. The number of aryl methyl sites for hydroxylation is 3. The van der Waals surface area contributed by atoms with Crippen LogP contribution in [-0.2, 0) is 29.0 Å². The van der Waals surface area contributed by atoms with Gasteiger partial charge < -0.3 is 10.0 Å². The number of amides is 1. The van der Waals surface area contributed by atoms with E-state index in [1.54, 1.807) is 16.2 Å². The normalized spacial score (nSPS) is 19.9. The summed E-state index contributed by atoms with van der Waals surface area (Å²) < 4.78 is 1.53. The molecule has 1 saturated heterocycles. The SMILES string of the molecule is O=C(O)C1CCCN(C(=O)CCn2cnc3sc4c(c3c2=O)CCCC4)C1. The first kappa shape index (κ1) is 18.2. The molecule has 0 spiro atoms. The van der Waals surface area contributed by atoms with E-state index < -0.39 is 11.9 Å². The lowest BCUT2D eigenvalue weighted by atomic mass is 9.97. The van der Waals surface area contributed by atoms with Gasteiger partial charge in [-0.1, -0.05) is 0 Å². The van der Waals surface area contributed by atoms with Crippen LogP contribution >= 0.6 is 11.3 Å². The third-order valence-electron chi connectivity index (χ3n) is 5.63. The van der Waals surface area contributed by atoms with E-state index in [4.69, 9.17) is 5.11 Å². The Kier molecular flexibility index (Phi) is 4.99. The highest BCUT2D eigenvalue weighted by Crippen LogP contribution is 2.33. The number of aromatic nitrogens is 2. The fourth-order valence-corrected chi connectivity index (χ4v) is 5.34. The molecule has 144 valence electrons. The van der Waals surface area contributed by atoms with Crippen molar-refractivity contribution in [2.75, 3.05) is 13.1 Å². The topological polar surface area (TPSA) is 92.5 Å². The second-order valence-electron chi connectivity index (χ2n) is 7.40. The van der Waals surface area contributed by atoms with Crippen molar-refractivity contribution in [3.05, 3.63) is 27.1 Å². The molecule has 7 nitrogen and oxygen atoms in total. The van der Waals surface area contributed by atoms with Gasteiger partial charge in [-0.15, -0.1) is 11.3 Å². The smallest absolute Gasteiger partial charge is 0.308 e. The molecular weight excluding hydrogens is 366 g/mol. The molecule has 1 atom stereocenters. The number of fused-ring (bicyclic) bond motifs is 3. The number of hydrogen-bond donors (Lipinski definition) is 1. The predicted octanol–water partition coefficient (Wildman–Crippen LogP) is 2.05. The molecule has 1 aliphatic carbocycles. The molecule has 1 unspecified atom stereocenters. The Morgan fingerprint density at radius 3 is 2.89 bits per heavy atom. The number of aliphatic carboxylic acids is 1. The van der Waals surface area contributed by atoms with E-state index in [9.17, 15) is 14.4 Å². The molecule has 1 fully saturated rings. The number of thiophene rings is 1. The molecule has 0 radical (unpaired) electrons. The van der Waals surface area contributed by atoms with Crippen LogP contribution in [0.3, 0.4) is 0 Å². The van der Waals surface area contributed by atoms with Crippen LogP contribution in [0.5, 0.6) is 0 Å². The number of carbonyl (C=O) groups excluding carboxylic acids is 1. The van der Waals surface area contributed by atoms with Crippen molar-refractivity contribution in [1.82, 2.24) is 14.5 Å². The van der Waals surface area contributed by atoms with Gasteiger partial charge in [0.05, 0.1) is 17.6 Å². The van der Waals surface area contributed by atoms with Crippen LogP contribution in [0.25, 0.3) is 10.2 Å². The molecule has 27 heavy (non-hydrogen) atoms. The molecule has 3 heterocycles. The number of rotatable bonds is 4. The second kappa shape index (κ2) is 7.42. The summed E-state index contributed by atoms with van der Waals surface area (Å²) in [5.74, 6) is -1.43. The number of piperidine rings is 1. The van der Waals surface area contributed by atoms with Crippen LogP contribution in [0.1, 0.15) is 42.5 Å². The van der Waals surface area contributed by atoms with Gasteiger partial charge in [-0.3, -0.25) is 19.0 Å². The largest absolute Gasteiger partial charge is 0.481 e. The third-order valence-corrected chi connectivity index (χ3v) is 6.83. The van der Waals surface area contributed by atoms with Crippen LogP contribution in [0.15, 0.2) is 11.1 Å². The summed E-state index contributed by atoms with van der Waals surface area (Å²) in [6.07, 6.45) is 7.26. The van der Waals surface area contributed by atoms with Gasteiger partial charge in [-0.25, -0.2) is 4.98 Å². The lowest BCUT2D eigenvalue weighted by Crippen LogP contribution is -2.42. The molecule has 0 aromatic carbocycles. The zero-order valence-electron chi connectivity index (χ0n) is 15.1. The molecule has 0 saturated carbocycles. The van der Waals surface area contributed by atoms with Gasteiger partial charge in [0.15, 0.2) is 0 Å². The van der Waals surface area contributed by atoms with Crippen molar-refractivity contribution in [2.45, 2.75) is 51.5 Å². The zero-order valence-corrected chi connectivity index (χ0v) is 16.0. The van der Waals surface area contributed by atoms with Crippen LogP contribution in [-0.4, -0.2) is 44.5 Å². The van der Waals surface area contributed by atoms with E-state index in [0.717, 1.165) is 41.5 Å². The molecule has 8 heteroatoms. The molecule has 2 aliphatic rings. The molecular formula is C19H23N3O4S. The van der Waals surface area contributed by atoms with Crippen molar-refractivity contribution in [1.29, 1.82) is 0 Å². The predicted molar refractivity (Wildman–Crippen MR) is 102 cm³/mol. The summed E-state index contributed by atoms with van der Waals surface area (Å²) in [6, 6.07) is 0. The summed E-state index contributed by atoms with van der Waals surface area (Å²) in [5, 5.41) is 9.90. The molecule has 2 aromatic heterocycles.